The molecule has 1 atom stereocenters. The van der Waals surface area contributed by atoms with Crippen molar-refractivity contribution in [3.63, 3.8) is 0 Å². The van der Waals surface area contributed by atoms with Crippen molar-refractivity contribution in [2.45, 2.75) is 11.8 Å². The van der Waals surface area contributed by atoms with Crippen LogP contribution in [0.15, 0.2) is 48.5 Å². The number of alkyl halides is 3. The molecule has 146 valence electrons. The lowest BCUT2D eigenvalue weighted by Gasteiger charge is -2.29. The predicted molar refractivity (Wildman–Crippen MR) is 85.1 cm³/mol. The van der Waals surface area contributed by atoms with Crippen LogP contribution in [-0.2, 0) is 4.79 Å². The van der Waals surface area contributed by atoms with Gasteiger partial charge in [-0.25, -0.2) is 18.5 Å². The van der Waals surface area contributed by atoms with Gasteiger partial charge in [0.05, 0.1) is 5.69 Å². The maximum absolute atomic E-state index is 13.7. The third-order valence-corrected chi connectivity index (χ3v) is 3.94. The summed E-state index contributed by atoms with van der Waals surface area (Å²) in [6.07, 6.45) is -5.41. The van der Waals surface area contributed by atoms with Gasteiger partial charge >= 0.3 is 12.2 Å². The first-order chi connectivity index (χ1) is 13.0. The van der Waals surface area contributed by atoms with Gasteiger partial charge in [-0.1, -0.05) is 0 Å². The van der Waals surface area contributed by atoms with Crippen LogP contribution in [-0.4, -0.2) is 29.7 Å². The molecule has 11 heteroatoms. The molecule has 0 radical (unpaired) electrons. The highest BCUT2D eigenvalue weighted by Gasteiger charge is 2.69. The Kier molecular flexibility index (Phi) is 4.53. The van der Waals surface area contributed by atoms with Crippen LogP contribution in [0.1, 0.15) is 10.4 Å². The topological polar surface area (TPSA) is 78.5 Å². The summed E-state index contributed by atoms with van der Waals surface area (Å²) in [4.78, 5) is 37.0. The second-order valence-electron chi connectivity index (χ2n) is 5.76. The highest BCUT2D eigenvalue weighted by atomic mass is 19.4. The van der Waals surface area contributed by atoms with Crippen LogP contribution in [0.5, 0.6) is 0 Å². The van der Waals surface area contributed by atoms with Gasteiger partial charge in [-0.15, -0.1) is 0 Å². The Morgan fingerprint density at radius 3 is 1.93 bits per heavy atom. The molecule has 1 fully saturated rings. The van der Waals surface area contributed by atoms with Crippen LogP contribution in [0.2, 0.25) is 0 Å². The second-order valence-corrected chi connectivity index (χ2v) is 5.76. The lowest BCUT2D eigenvalue weighted by atomic mass is 10.1. The molecule has 1 saturated heterocycles. The number of hydrogen-bond acceptors (Lipinski definition) is 3. The fourth-order valence-electron chi connectivity index (χ4n) is 2.55. The minimum Gasteiger partial charge on any atom is -0.314 e. The first-order valence-corrected chi connectivity index (χ1v) is 7.62. The van der Waals surface area contributed by atoms with E-state index in [2.05, 4.69) is 0 Å². The highest BCUT2D eigenvalue weighted by Crippen LogP contribution is 2.36. The fraction of sp³-hybridized carbons (Fsp3) is 0.118. The Hall–Kier alpha value is -3.50. The van der Waals surface area contributed by atoms with Crippen molar-refractivity contribution in [1.29, 1.82) is 0 Å². The molecule has 28 heavy (non-hydrogen) atoms. The molecule has 2 aromatic carbocycles. The van der Waals surface area contributed by atoms with E-state index in [0.29, 0.717) is 0 Å². The Bertz CT molecular complexity index is 944. The standard InChI is InChI=1S/C17H10F5N3O3/c18-10-3-1-9(2-4-10)13(26)23-16(17(20,21)22)14(27)25(15(28)24-16)12-7-5-11(19)6-8-12/h1-8H,(H,23,26)(H,24,28)/t16-/m0/s1. The van der Waals surface area contributed by atoms with Gasteiger partial charge in [0.2, 0.25) is 0 Å². The number of benzene rings is 2. The number of anilines is 1. The van der Waals surface area contributed by atoms with Gasteiger partial charge in [-0.2, -0.15) is 13.2 Å². The number of urea groups is 1. The molecule has 2 aromatic rings. The third kappa shape index (κ3) is 3.15. The number of hydrogen-bond donors (Lipinski definition) is 2. The predicted octanol–water partition coefficient (Wildman–Crippen LogP) is 2.71. The van der Waals surface area contributed by atoms with Gasteiger partial charge in [0.25, 0.3) is 17.5 Å². The van der Waals surface area contributed by atoms with Gasteiger partial charge in [0.1, 0.15) is 11.6 Å². The SMILES string of the molecule is O=C(N[C@]1(C(F)(F)F)NC(=O)N(c2ccc(F)cc2)C1=O)c1ccc(F)cc1. The number of carbonyl (C=O) groups excluding carboxylic acids is 3. The minimum absolute atomic E-state index is 0.137. The van der Waals surface area contributed by atoms with E-state index in [-0.39, 0.29) is 16.2 Å². The highest BCUT2D eigenvalue weighted by molar-refractivity contribution is 6.24. The van der Waals surface area contributed by atoms with Crippen molar-refractivity contribution in [3.8, 4) is 0 Å². The molecule has 6 nitrogen and oxygen atoms in total. The van der Waals surface area contributed by atoms with E-state index < -0.39 is 41.3 Å². The van der Waals surface area contributed by atoms with Crippen LogP contribution < -0.4 is 15.5 Å². The first-order valence-electron chi connectivity index (χ1n) is 7.62. The van der Waals surface area contributed by atoms with E-state index >= 15 is 0 Å². The van der Waals surface area contributed by atoms with E-state index in [9.17, 15) is 36.3 Å². The molecule has 4 amide bonds. The molecule has 1 aliphatic rings. The summed E-state index contributed by atoms with van der Waals surface area (Å²) in [5, 5.41) is 2.92. The summed E-state index contributed by atoms with van der Waals surface area (Å²) in [5.41, 5.74) is -4.44. The van der Waals surface area contributed by atoms with E-state index in [1.807, 2.05) is 0 Å². The third-order valence-electron chi connectivity index (χ3n) is 3.94. The molecule has 0 spiro atoms. The summed E-state index contributed by atoms with van der Waals surface area (Å²) in [5.74, 6) is -4.66. The maximum Gasteiger partial charge on any atom is 0.440 e. The Labute approximate surface area is 153 Å². The molecular formula is C17H10F5N3O3. The number of nitrogens with zero attached hydrogens (tertiary/aromatic N) is 1. The van der Waals surface area contributed by atoms with E-state index in [0.717, 1.165) is 48.5 Å². The van der Waals surface area contributed by atoms with Crippen LogP contribution in [0.4, 0.5) is 32.4 Å². The monoisotopic (exact) mass is 399 g/mol. The Morgan fingerprint density at radius 1 is 0.929 bits per heavy atom. The first kappa shape index (κ1) is 19.3. The fourth-order valence-corrected chi connectivity index (χ4v) is 2.55. The molecule has 0 bridgehead atoms. The second kappa shape index (κ2) is 6.59. The lowest BCUT2D eigenvalue weighted by molar-refractivity contribution is -0.197. The minimum atomic E-state index is -5.41. The van der Waals surface area contributed by atoms with Crippen molar-refractivity contribution in [2.75, 3.05) is 4.90 Å². The average molecular weight is 399 g/mol. The zero-order valence-electron chi connectivity index (χ0n) is 13.7. The molecule has 0 aromatic heterocycles. The van der Waals surface area contributed by atoms with E-state index in [1.54, 1.807) is 0 Å². The molecule has 1 aliphatic heterocycles. The van der Waals surface area contributed by atoms with Gasteiger partial charge in [-0.3, -0.25) is 14.9 Å². The molecule has 0 saturated carbocycles. The summed E-state index contributed by atoms with van der Waals surface area (Å²) < 4.78 is 67.2. The summed E-state index contributed by atoms with van der Waals surface area (Å²) in [6, 6.07) is 5.60. The number of rotatable bonds is 3. The van der Waals surface area contributed by atoms with Crippen LogP contribution >= 0.6 is 0 Å². The Morgan fingerprint density at radius 2 is 1.43 bits per heavy atom. The van der Waals surface area contributed by atoms with Gasteiger partial charge in [-0.05, 0) is 48.5 Å². The van der Waals surface area contributed by atoms with Gasteiger partial charge in [0, 0.05) is 5.56 Å². The van der Waals surface area contributed by atoms with E-state index in [1.165, 1.54) is 10.6 Å². The van der Waals surface area contributed by atoms with Crippen molar-refractivity contribution >= 4 is 23.5 Å². The van der Waals surface area contributed by atoms with Crippen molar-refractivity contribution < 1.29 is 36.3 Å². The normalized spacial score (nSPS) is 19.5. The number of amides is 4. The Balaban J connectivity index is 1.99. The summed E-state index contributed by atoms with van der Waals surface area (Å²) in [6.45, 7) is 0. The van der Waals surface area contributed by atoms with Gasteiger partial charge in [0.15, 0.2) is 0 Å². The number of halogens is 5. The van der Waals surface area contributed by atoms with Crippen molar-refractivity contribution in [1.82, 2.24) is 10.6 Å². The van der Waals surface area contributed by atoms with Crippen molar-refractivity contribution in [2.24, 2.45) is 0 Å². The van der Waals surface area contributed by atoms with Crippen LogP contribution in [0.3, 0.4) is 0 Å². The molecule has 3 rings (SSSR count). The van der Waals surface area contributed by atoms with Crippen molar-refractivity contribution in [3.05, 3.63) is 65.7 Å². The molecule has 1 heterocycles. The summed E-state index contributed by atoms with van der Waals surface area (Å²) in [7, 11) is 0. The average Bonchev–Trinajstić information content (AvgIpc) is 2.87. The van der Waals surface area contributed by atoms with Crippen LogP contribution in [0, 0.1) is 11.6 Å². The lowest BCUT2D eigenvalue weighted by Crippen LogP contribution is -2.69. The quantitative estimate of drug-likeness (QED) is 0.616. The van der Waals surface area contributed by atoms with E-state index in [4.69, 9.17) is 0 Å². The molecule has 0 aliphatic carbocycles. The number of imide groups is 1. The molecular weight excluding hydrogens is 389 g/mol. The van der Waals surface area contributed by atoms with Crippen LogP contribution in [0.25, 0.3) is 0 Å². The maximum atomic E-state index is 13.7. The van der Waals surface area contributed by atoms with Gasteiger partial charge < -0.3 is 5.32 Å². The number of carbonyl (C=O) groups is 3. The summed E-state index contributed by atoms with van der Waals surface area (Å²) >= 11 is 0. The number of nitrogens with one attached hydrogen (secondary N) is 2. The zero-order chi connectivity index (χ0) is 20.7. The zero-order valence-corrected chi connectivity index (χ0v) is 13.7. The largest absolute Gasteiger partial charge is 0.440 e. The molecule has 0 unspecified atom stereocenters. The smallest absolute Gasteiger partial charge is 0.314 e. The molecule has 2 N–H and O–H groups in total.